The van der Waals surface area contributed by atoms with Crippen molar-refractivity contribution in [2.45, 2.75) is 38.8 Å². The molecule has 0 saturated carbocycles. The average Bonchev–Trinajstić information content (AvgIpc) is 2.41. The Labute approximate surface area is 108 Å². The van der Waals surface area contributed by atoms with Gasteiger partial charge in [-0.2, -0.15) is 0 Å². The van der Waals surface area contributed by atoms with Crippen LogP contribution >= 0.6 is 0 Å². The molecule has 0 spiro atoms. The first-order valence-corrected chi connectivity index (χ1v) is 6.77. The standard InChI is InChI=1S/C13H23N3O2/c1-9-8-15(3)6-4-11(9)16-7-5-12(17)14-10(2)13(16)18/h9-11H,4-8H2,1-3H3,(H,14,17). The summed E-state index contributed by atoms with van der Waals surface area (Å²) in [5.74, 6) is 0.522. The lowest BCUT2D eigenvalue weighted by Gasteiger charge is -2.41. The van der Waals surface area contributed by atoms with E-state index in [4.69, 9.17) is 0 Å². The van der Waals surface area contributed by atoms with E-state index in [9.17, 15) is 9.59 Å². The first-order valence-electron chi connectivity index (χ1n) is 6.77. The van der Waals surface area contributed by atoms with Crippen molar-refractivity contribution >= 4 is 11.8 Å². The van der Waals surface area contributed by atoms with Crippen LogP contribution in [0.2, 0.25) is 0 Å². The Kier molecular flexibility index (Phi) is 3.90. The number of nitrogens with one attached hydrogen (secondary N) is 1. The maximum Gasteiger partial charge on any atom is 0.245 e. The first kappa shape index (κ1) is 13.3. The second kappa shape index (κ2) is 5.26. The molecule has 2 aliphatic heterocycles. The molecule has 2 rings (SSSR count). The maximum atomic E-state index is 12.3. The number of carbonyl (C=O) groups excluding carboxylic acids is 2. The molecule has 5 nitrogen and oxygen atoms in total. The minimum absolute atomic E-state index is 0.0149. The van der Waals surface area contributed by atoms with Gasteiger partial charge in [0.15, 0.2) is 0 Å². The summed E-state index contributed by atoms with van der Waals surface area (Å²) in [5, 5.41) is 2.74. The second-order valence-corrected chi connectivity index (χ2v) is 5.67. The number of likely N-dealkylation sites (tertiary alicyclic amines) is 1. The third kappa shape index (κ3) is 2.66. The molecule has 2 aliphatic rings. The van der Waals surface area contributed by atoms with E-state index in [2.05, 4.69) is 24.2 Å². The summed E-state index contributed by atoms with van der Waals surface area (Å²) >= 11 is 0. The summed E-state index contributed by atoms with van der Waals surface area (Å²) in [6.07, 6.45) is 1.43. The number of rotatable bonds is 1. The van der Waals surface area contributed by atoms with E-state index in [-0.39, 0.29) is 23.9 Å². The molecule has 2 saturated heterocycles. The van der Waals surface area contributed by atoms with Gasteiger partial charge in [0.1, 0.15) is 6.04 Å². The molecule has 3 unspecified atom stereocenters. The molecule has 0 bridgehead atoms. The lowest BCUT2D eigenvalue weighted by Crippen LogP contribution is -2.54. The molecule has 18 heavy (non-hydrogen) atoms. The quantitative estimate of drug-likeness (QED) is 0.719. The molecular weight excluding hydrogens is 230 g/mol. The topological polar surface area (TPSA) is 52.7 Å². The number of hydrogen-bond donors (Lipinski definition) is 1. The Bertz CT molecular complexity index is 345. The zero-order valence-electron chi connectivity index (χ0n) is 11.5. The molecule has 0 aromatic rings. The molecule has 5 heteroatoms. The van der Waals surface area contributed by atoms with Gasteiger partial charge in [-0.15, -0.1) is 0 Å². The Balaban J connectivity index is 2.10. The van der Waals surface area contributed by atoms with E-state index >= 15 is 0 Å². The number of hydrogen-bond acceptors (Lipinski definition) is 3. The fraction of sp³-hybridized carbons (Fsp3) is 0.846. The van der Waals surface area contributed by atoms with Crippen LogP contribution in [0.15, 0.2) is 0 Å². The monoisotopic (exact) mass is 253 g/mol. The predicted molar refractivity (Wildman–Crippen MR) is 69.0 cm³/mol. The molecule has 102 valence electrons. The van der Waals surface area contributed by atoms with Gasteiger partial charge in [0.2, 0.25) is 11.8 Å². The lowest BCUT2D eigenvalue weighted by molar-refractivity contribution is -0.137. The Morgan fingerprint density at radius 3 is 2.61 bits per heavy atom. The van der Waals surface area contributed by atoms with Gasteiger partial charge >= 0.3 is 0 Å². The van der Waals surface area contributed by atoms with Crippen molar-refractivity contribution < 1.29 is 9.59 Å². The van der Waals surface area contributed by atoms with E-state index in [1.165, 1.54) is 0 Å². The van der Waals surface area contributed by atoms with Gasteiger partial charge in [0.05, 0.1) is 0 Å². The van der Waals surface area contributed by atoms with E-state index in [1.807, 2.05) is 4.90 Å². The average molecular weight is 253 g/mol. The summed E-state index contributed by atoms with van der Waals surface area (Å²) in [7, 11) is 2.12. The van der Waals surface area contributed by atoms with E-state index < -0.39 is 0 Å². The number of piperidine rings is 1. The molecule has 2 heterocycles. The molecule has 0 aromatic carbocycles. The van der Waals surface area contributed by atoms with Crippen LogP contribution in [0.4, 0.5) is 0 Å². The van der Waals surface area contributed by atoms with Crippen LogP contribution < -0.4 is 5.32 Å². The molecule has 1 N–H and O–H groups in total. The molecule has 3 atom stereocenters. The summed E-state index contributed by atoms with van der Waals surface area (Å²) in [4.78, 5) is 28.1. The second-order valence-electron chi connectivity index (χ2n) is 5.67. The van der Waals surface area contributed by atoms with E-state index in [0.29, 0.717) is 18.9 Å². The van der Waals surface area contributed by atoms with Crippen LogP contribution in [-0.2, 0) is 9.59 Å². The minimum atomic E-state index is -0.383. The fourth-order valence-corrected chi connectivity index (χ4v) is 3.09. The number of nitrogens with zero attached hydrogens (tertiary/aromatic N) is 2. The van der Waals surface area contributed by atoms with Crippen molar-refractivity contribution in [3.8, 4) is 0 Å². The van der Waals surface area contributed by atoms with Gasteiger partial charge < -0.3 is 15.1 Å². The molecule has 0 aromatic heterocycles. The number of carbonyl (C=O) groups is 2. The molecule has 0 aliphatic carbocycles. The highest BCUT2D eigenvalue weighted by molar-refractivity contribution is 5.89. The maximum absolute atomic E-state index is 12.3. The van der Waals surface area contributed by atoms with E-state index in [1.54, 1.807) is 6.92 Å². The highest BCUT2D eigenvalue weighted by atomic mass is 16.2. The van der Waals surface area contributed by atoms with Crippen molar-refractivity contribution in [1.82, 2.24) is 15.1 Å². The molecule has 0 radical (unpaired) electrons. The normalized spacial score (nSPS) is 35.3. The van der Waals surface area contributed by atoms with Crippen molar-refractivity contribution in [2.75, 3.05) is 26.7 Å². The SMILES string of the molecule is CC1NC(=O)CCN(C2CCN(C)CC2C)C1=O. The van der Waals surface area contributed by atoms with Crippen LogP contribution in [0.1, 0.15) is 26.7 Å². The summed E-state index contributed by atoms with van der Waals surface area (Å²) in [6, 6.07) is -0.101. The van der Waals surface area contributed by atoms with Crippen LogP contribution in [-0.4, -0.2) is 60.4 Å². The van der Waals surface area contributed by atoms with Crippen molar-refractivity contribution in [2.24, 2.45) is 5.92 Å². The first-order chi connectivity index (χ1) is 8.49. The molecular formula is C13H23N3O2. The van der Waals surface area contributed by atoms with Gasteiger partial charge in [-0.1, -0.05) is 6.92 Å². The molecule has 2 amide bonds. The van der Waals surface area contributed by atoms with Crippen LogP contribution in [0.25, 0.3) is 0 Å². The number of amides is 2. The predicted octanol–water partition coefficient (Wildman–Crippen LogP) is 0.0636. The Hall–Kier alpha value is -1.10. The van der Waals surface area contributed by atoms with Crippen LogP contribution in [0.5, 0.6) is 0 Å². The van der Waals surface area contributed by atoms with Crippen LogP contribution in [0, 0.1) is 5.92 Å². The zero-order chi connectivity index (χ0) is 13.3. The van der Waals surface area contributed by atoms with Crippen molar-refractivity contribution in [1.29, 1.82) is 0 Å². The summed E-state index contributed by atoms with van der Waals surface area (Å²) in [5.41, 5.74) is 0. The molecule has 2 fully saturated rings. The lowest BCUT2D eigenvalue weighted by atomic mass is 9.92. The largest absolute Gasteiger partial charge is 0.345 e. The van der Waals surface area contributed by atoms with Gasteiger partial charge in [-0.3, -0.25) is 9.59 Å². The van der Waals surface area contributed by atoms with Crippen molar-refractivity contribution in [3.63, 3.8) is 0 Å². The van der Waals surface area contributed by atoms with Gasteiger partial charge in [0.25, 0.3) is 0 Å². The van der Waals surface area contributed by atoms with E-state index in [0.717, 1.165) is 19.5 Å². The third-order valence-electron chi connectivity index (χ3n) is 4.07. The third-order valence-corrected chi connectivity index (χ3v) is 4.07. The summed E-state index contributed by atoms with van der Waals surface area (Å²) < 4.78 is 0. The smallest absolute Gasteiger partial charge is 0.245 e. The van der Waals surface area contributed by atoms with Gasteiger partial charge in [-0.05, 0) is 32.9 Å². The Morgan fingerprint density at radius 2 is 1.94 bits per heavy atom. The Morgan fingerprint density at radius 1 is 1.22 bits per heavy atom. The van der Waals surface area contributed by atoms with Crippen molar-refractivity contribution in [3.05, 3.63) is 0 Å². The highest BCUT2D eigenvalue weighted by Crippen LogP contribution is 2.23. The highest BCUT2D eigenvalue weighted by Gasteiger charge is 2.35. The zero-order valence-corrected chi connectivity index (χ0v) is 11.5. The van der Waals surface area contributed by atoms with Gasteiger partial charge in [-0.25, -0.2) is 0 Å². The van der Waals surface area contributed by atoms with Gasteiger partial charge in [0, 0.05) is 25.6 Å². The summed E-state index contributed by atoms with van der Waals surface area (Å²) in [6.45, 7) is 6.57. The fourth-order valence-electron chi connectivity index (χ4n) is 3.09. The van der Waals surface area contributed by atoms with Crippen LogP contribution in [0.3, 0.4) is 0 Å². The minimum Gasteiger partial charge on any atom is -0.345 e.